The predicted molar refractivity (Wildman–Crippen MR) is 78.2 cm³/mol. The Bertz CT molecular complexity index is 410. The van der Waals surface area contributed by atoms with Crippen molar-refractivity contribution in [1.82, 2.24) is 4.90 Å². The second kappa shape index (κ2) is 7.79. The summed E-state index contributed by atoms with van der Waals surface area (Å²) >= 11 is 4.66. The number of halogens is 2. The van der Waals surface area contributed by atoms with Gasteiger partial charge in [0.2, 0.25) is 5.91 Å². The van der Waals surface area contributed by atoms with Gasteiger partial charge >= 0.3 is 0 Å². The van der Waals surface area contributed by atoms with Gasteiger partial charge in [0.1, 0.15) is 5.82 Å². The lowest BCUT2D eigenvalue weighted by Crippen LogP contribution is -2.31. The highest BCUT2D eigenvalue weighted by Gasteiger charge is 2.10. The molecule has 1 aromatic rings. The molecule has 0 aliphatic heterocycles. The largest absolute Gasteiger partial charge is 0.343 e. The van der Waals surface area contributed by atoms with Crippen molar-refractivity contribution in [3.63, 3.8) is 0 Å². The van der Waals surface area contributed by atoms with E-state index < -0.39 is 0 Å². The smallest absolute Gasteiger partial charge is 0.232 e. The minimum atomic E-state index is -0.229. The molecule has 0 spiro atoms. The highest BCUT2D eigenvalue weighted by atomic mass is 79.9. The molecule has 0 N–H and O–H groups in total. The maximum atomic E-state index is 13.5. The summed E-state index contributed by atoms with van der Waals surface area (Å²) < 4.78 is 14.3. The first-order valence-corrected chi connectivity index (χ1v) is 7.82. The van der Waals surface area contributed by atoms with Gasteiger partial charge in [0.25, 0.3) is 0 Å². The Morgan fingerprint density at radius 2 is 2.06 bits per heavy atom. The molecule has 0 saturated carbocycles. The molecule has 2 nitrogen and oxygen atoms in total. The van der Waals surface area contributed by atoms with Crippen molar-refractivity contribution in [3.05, 3.63) is 34.1 Å². The number of hydrogen-bond acceptors (Lipinski definition) is 2. The van der Waals surface area contributed by atoms with E-state index >= 15 is 0 Å². The summed E-state index contributed by atoms with van der Waals surface area (Å²) in [6.07, 6.45) is 0. The lowest BCUT2D eigenvalue weighted by Gasteiger charge is -2.18. The van der Waals surface area contributed by atoms with Crippen molar-refractivity contribution in [2.24, 2.45) is 0 Å². The molecule has 0 radical (unpaired) electrons. The Morgan fingerprint density at radius 1 is 1.39 bits per heavy atom. The topological polar surface area (TPSA) is 20.3 Å². The molecule has 5 heteroatoms. The van der Waals surface area contributed by atoms with Gasteiger partial charge in [0.15, 0.2) is 0 Å². The fraction of sp³-hybridized carbons (Fsp3) is 0.462. The van der Waals surface area contributed by atoms with Crippen LogP contribution in [0.25, 0.3) is 0 Å². The number of carbonyl (C=O) groups excluding carboxylic acids is 1. The number of benzene rings is 1. The fourth-order valence-electron chi connectivity index (χ4n) is 1.55. The van der Waals surface area contributed by atoms with E-state index in [1.807, 2.05) is 19.9 Å². The maximum Gasteiger partial charge on any atom is 0.232 e. The molecule has 100 valence electrons. The van der Waals surface area contributed by atoms with Crippen LogP contribution in [0.15, 0.2) is 22.7 Å². The minimum absolute atomic E-state index is 0.113. The number of thioether (sulfide) groups is 1. The minimum Gasteiger partial charge on any atom is -0.343 e. The molecule has 0 aromatic heterocycles. The molecule has 0 heterocycles. The average molecular weight is 334 g/mol. The number of rotatable bonds is 6. The van der Waals surface area contributed by atoms with Crippen LogP contribution in [0.2, 0.25) is 0 Å². The number of nitrogens with zero attached hydrogens (tertiary/aromatic N) is 1. The summed E-state index contributed by atoms with van der Waals surface area (Å²) in [5, 5.41) is 0. The monoisotopic (exact) mass is 333 g/mol. The molecule has 0 fully saturated rings. The second-order valence-electron chi connectivity index (χ2n) is 3.79. The summed E-state index contributed by atoms with van der Waals surface area (Å²) in [4.78, 5) is 13.5. The third kappa shape index (κ3) is 4.61. The third-order valence-corrected chi connectivity index (χ3v) is 4.07. The van der Waals surface area contributed by atoms with E-state index in [2.05, 4.69) is 15.9 Å². The highest BCUT2D eigenvalue weighted by molar-refractivity contribution is 9.10. The highest BCUT2D eigenvalue weighted by Crippen LogP contribution is 2.20. The standard InChI is InChI=1S/C13H17BrFNOS/c1-3-16(4-2)13(17)9-18-8-10-5-6-11(14)7-12(10)15/h5-7H,3-4,8-9H2,1-2H3. The second-order valence-corrected chi connectivity index (χ2v) is 5.70. The lowest BCUT2D eigenvalue weighted by molar-refractivity contribution is -0.127. The van der Waals surface area contributed by atoms with Gasteiger partial charge in [-0.15, -0.1) is 11.8 Å². The third-order valence-electron chi connectivity index (χ3n) is 2.61. The average Bonchev–Trinajstić information content (AvgIpc) is 2.33. The van der Waals surface area contributed by atoms with E-state index in [1.54, 1.807) is 11.0 Å². The van der Waals surface area contributed by atoms with Gasteiger partial charge in [-0.2, -0.15) is 0 Å². The van der Waals surface area contributed by atoms with E-state index in [0.29, 0.717) is 17.1 Å². The molecular weight excluding hydrogens is 317 g/mol. The SMILES string of the molecule is CCN(CC)C(=O)CSCc1ccc(Br)cc1F. The van der Waals surface area contributed by atoms with Crippen molar-refractivity contribution in [1.29, 1.82) is 0 Å². The van der Waals surface area contributed by atoms with E-state index in [1.165, 1.54) is 17.8 Å². The van der Waals surface area contributed by atoms with E-state index in [0.717, 1.165) is 17.6 Å². The normalized spacial score (nSPS) is 10.4. The number of amides is 1. The van der Waals surface area contributed by atoms with Crippen molar-refractivity contribution >= 4 is 33.6 Å². The van der Waals surface area contributed by atoms with Gasteiger partial charge in [-0.25, -0.2) is 4.39 Å². The lowest BCUT2D eigenvalue weighted by atomic mass is 10.2. The first-order valence-electron chi connectivity index (χ1n) is 5.87. The van der Waals surface area contributed by atoms with Crippen LogP contribution in [0.5, 0.6) is 0 Å². The van der Waals surface area contributed by atoms with Crippen molar-refractivity contribution < 1.29 is 9.18 Å². The summed E-state index contributed by atoms with van der Waals surface area (Å²) in [5.74, 6) is 0.804. The van der Waals surface area contributed by atoms with Crippen LogP contribution in [0.1, 0.15) is 19.4 Å². The van der Waals surface area contributed by atoms with Crippen molar-refractivity contribution in [2.75, 3.05) is 18.8 Å². The summed E-state index contributed by atoms with van der Waals surface area (Å²) in [7, 11) is 0. The van der Waals surface area contributed by atoms with Crippen LogP contribution in [0.4, 0.5) is 4.39 Å². The molecule has 0 saturated heterocycles. The molecular formula is C13H17BrFNOS. The van der Waals surface area contributed by atoms with Gasteiger partial charge in [0, 0.05) is 23.3 Å². The summed E-state index contributed by atoms with van der Waals surface area (Å²) in [6.45, 7) is 5.37. The molecule has 0 atom stereocenters. The van der Waals surface area contributed by atoms with Crippen LogP contribution in [0.3, 0.4) is 0 Å². The van der Waals surface area contributed by atoms with E-state index in [-0.39, 0.29) is 11.7 Å². The van der Waals surface area contributed by atoms with E-state index in [9.17, 15) is 9.18 Å². The first-order chi connectivity index (χ1) is 8.58. The quantitative estimate of drug-likeness (QED) is 0.791. The fourth-order valence-corrected chi connectivity index (χ4v) is 2.80. The maximum absolute atomic E-state index is 13.5. The van der Waals surface area contributed by atoms with Gasteiger partial charge in [-0.3, -0.25) is 4.79 Å². The molecule has 0 bridgehead atoms. The number of carbonyl (C=O) groups is 1. The first kappa shape index (κ1) is 15.5. The molecule has 0 unspecified atom stereocenters. The Balaban J connectivity index is 2.44. The molecule has 1 amide bonds. The Kier molecular flexibility index (Phi) is 6.71. The van der Waals surface area contributed by atoms with Crippen LogP contribution in [-0.4, -0.2) is 29.6 Å². The van der Waals surface area contributed by atoms with E-state index in [4.69, 9.17) is 0 Å². The van der Waals surface area contributed by atoms with Gasteiger partial charge in [-0.05, 0) is 31.5 Å². The van der Waals surface area contributed by atoms with Crippen LogP contribution >= 0.6 is 27.7 Å². The van der Waals surface area contributed by atoms with Crippen LogP contribution in [-0.2, 0) is 10.5 Å². The molecule has 0 aliphatic carbocycles. The predicted octanol–water partition coefficient (Wildman–Crippen LogP) is 3.69. The zero-order valence-electron chi connectivity index (χ0n) is 10.6. The molecule has 1 rings (SSSR count). The molecule has 1 aromatic carbocycles. The van der Waals surface area contributed by atoms with Crippen LogP contribution < -0.4 is 0 Å². The zero-order chi connectivity index (χ0) is 13.5. The van der Waals surface area contributed by atoms with Gasteiger partial charge in [0.05, 0.1) is 5.75 Å². The summed E-state index contributed by atoms with van der Waals surface area (Å²) in [5.41, 5.74) is 0.635. The van der Waals surface area contributed by atoms with Crippen LogP contribution in [0, 0.1) is 5.82 Å². The molecule has 0 aliphatic rings. The van der Waals surface area contributed by atoms with Gasteiger partial charge in [-0.1, -0.05) is 22.0 Å². The Morgan fingerprint density at radius 3 is 2.61 bits per heavy atom. The summed E-state index contributed by atoms with van der Waals surface area (Å²) in [6, 6.07) is 5.00. The zero-order valence-corrected chi connectivity index (χ0v) is 13.0. The van der Waals surface area contributed by atoms with Crippen molar-refractivity contribution in [2.45, 2.75) is 19.6 Å². The van der Waals surface area contributed by atoms with Crippen molar-refractivity contribution in [3.8, 4) is 0 Å². The van der Waals surface area contributed by atoms with Gasteiger partial charge < -0.3 is 4.90 Å². The Hall–Kier alpha value is -0.550. The molecule has 18 heavy (non-hydrogen) atoms. The Labute approximate surface area is 120 Å². The number of hydrogen-bond donors (Lipinski definition) is 0.